The van der Waals surface area contributed by atoms with Gasteiger partial charge in [0.15, 0.2) is 0 Å². The zero-order valence-electron chi connectivity index (χ0n) is 20.2. The van der Waals surface area contributed by atoms with Crippen LogP contribution >= 0.6 is 11.3 Å². The number of thiophene rings is 1. The van der Waals surface area contributed by atoms with E-state index >= 15 is 0 Å². The highest BCUT2D eigenvalue weighted by atomic mass is 32.1. The van der Waals surface area contributed by atoms with Crippen LogP contribution in [0, 0.1) is 0 Å². The molecule has 1 N–H and O–H groups in total. The summed E-state index contributed by atoms with van der Waals surface area (Å²) in [6.45, 7) is 4.14. The Kier molecular flexibility index (Phi) is 8.20. The molecule has 176 valence electrons. The Morgan fingerprint density at radius 1 is 1.00 bits per heavy atom. The summed E-state index contributed by atoms with van der Waals surface area (Å²) in [4.78, 5) is 6.29. The fraction of sp³-hybridized carbons (Fsp3) is 0.429. The standard InChI is InChI=1S/C28H37N3OS/c1-29-18-15-26(27-10-7-21-33-27)32-25-13-11-23(12-14-25)22-31-19-16-28(17-20-31,30(2)3)24-8-5-4-6-9-24/h4-14,21,26,29H,15-20,22H2,1-3H3. The van der Waals surface area contributed by atoms with E-state index in [1.165, 1.54) is 16.0 Å². The van der Waals surface area contributed by atoms with E-state index in [0.29, 0.717) is 0 Å². The first kappa shape index (κ1) is 24.0. The van der Waals surface area contributed by atoms with E-state index in [4.69, 9.17) is 4.74 Å². The van der Waals surface area contributed by atoms with Crippen molar-refractivity contribution >= 4 is 11.3 Å². The lowest BCUT2D eigenvalue weighted by molar-refractivity contribution is 0.0507. The maximum atomic E-state index is 6.36. The molecule has 1 atom stereocenters. The summed E-state index contributed by atoms with van der Waals surface area (Å²) in [6.07, 6.45) is 3.36. The molecule has 1 saturated heterocycles. The van der Waals surface area contributed by atoms with Crippen molar-refractivity contribution in [3.63, 3.8) is 0 Å². The van der Waals surface area contributed by atoms with E-state index in [2.05, 4.69) is 101 Å². The minimum atomic E-state index is 0.0996. The van der Waals surface area contributed by atoms with Crippen molar-refractivity contribution in [3.8, 4) is 5.75 Å². The van der Waals surface area contributed by atoms with Crippen LogP contribution in [0.1, 0.15) is 41.4 Å². The Bertz CT molecular complexity index is 949. The molecule has 0 radical (unpaired) electrons. The third-order valence-corrected chi connectivity index (χ3v) is 7.94. The highest BCUT2D eigenvalue weighted by molar-refractivity contribution is 7.10. The first-order chi connectivity index (χ1) is 16.1. The summed E-state index contributed by atoms with van der Waals surface area (Å²) in [6, 6.07) is 24.0. The SMILES string of the molecule is CNCCC(Oc1ccc(CN2CCC(c3ccccc3)(N(C)C)CC2)cc1)c1cccs1. The lowest BCUT2D eigenvalue weighted by Gasteiger charge is -2.46. The van der Waals surface area contributed by atoms with Crippen molar-refractivity contribution in [2.75, 3.05) is 40.8 Å². The van der Waals surface area contributed by atoms with Crippen LogP contribution in [0.3, 0.4) is 0 Å². The van der Waals surface area contributed by atoms with Gasteiger partial charge in [-0.25, -0.2) is 0 Å². The Balaban J connectivity index is 1.35. The fourth-order valence-electron chi connectivity index (χ4n) is 4.93. The van der Waals surface area contributed by atoms with Crippen LogP contribution in [0.2, 0.25) is 0 Å². The number of nitrogens with one attached hydrogen (secondary N) is 1. The topological polar surface area (TPSA) is 27.7 Å². The van der Waals surface area contributed by atoms with Crippen molar-refractivity contribution in [1.29, 1.82) is 0 Å². The number of ether oxygens (including phenoxy) is 1. The zero-order valence-corrected chi connectivity index (χ0v) is 21.0. The van der Waals surface area contributed by atoms with Crippen molar-refractivity contribution in [3.05, 3.63) is 88.1 Å². The first-order valence-corrected chi connectivity index (χ1v) is 12.9. The molecule has 33 heavy (non-hydrogen) atoms. The van der Waals surface area contributed by atoms with Gasteiger partial charge in [0.2, 0.25) is 0 Å². The molecule has 0 spiro atoms. The van der Waals surface area contributed by atoms with Crippen LogP contribution < -0.4 is 10.1 Å². The number of likely N-dealkylation sites (tertiary alicyclic amines) is 1. The normalized spacial score (nSPS) is 17.2. The summed E-state index contributed by atoms with van der Waals surface area (Å²) < 4.78 is 6.36. The van der Waals surface area contributed by atoms with Crippen LogP contribution in [0.15, 0.2) is 72.1 Å². The molecule has 0 amide bonds. The Morgan fingerprint density at radius 3 is 2.33 bits per heavy atom. The van der Waals surface area contributed by atoms with Crippen LogP contribution in [-0.2, 0) is 12.1 Å². The third kappa shape index (κ3) is 5.85. The quantitative estimate of drug-likeness (QED) is 0.428. The van der Waals surface area contributed by atoms with Crippen LogP contribution in [0.4, 0.5) is 0 Å². The number of benzene rings is 2. The summed E-state index contributed by atoms with van der Waals surface area (Å²) in [7, 11) is 6.44. The summed E-state index contributed by atoms with van der Waals surface area (Å²) in [5, 5.41) is 5.36. The van der Waals surface area contributed by atoms with Crippen molar-refractivity contribution in [1.82, 2.24) is 15.1 Å². The Morgan fingerprint density at radius 2 is 1.73 bits per heavy atom. The van der Waals surface area contributed by atoms with E-state index in [-0.39, 0.29) is 11.6 Å². The molecule has 1 unspecified atom stereocenters. The molecule has 1 aliphatic heterocycles. The fourth-order valence-corrected chi connectivity index (χ4v) is 5.72. The van der Waals surface area contributed by atoms with E-state index in [1.807, 2.05) is 7.05 Å². The van der Waals surface area contributed by atoms with Crippen LogP contribution in [-0.4, -0.2) is 50.6 Å². The molecule has 3 aromatic rings. The van der Waals surface area contributed by atoms with E-state index in [0.717, 1.165) is 51.2 Å². The molecule has 1 aliphatic rings. The van der Waals surface area contributed by atoms with Crippen molar-refractivity contribution < 1.29 is 4.74 Å². The molecule has 4 nitrogen and oxygen atoms in total. The summed E-state index contributed by atoms with van der Waals surface area (Å²) in [5.74, 6) is 0.947. The van der Waals surface area contributed by atoms with E-state index < -0.39 is 0 Å². The molecule has 5 heteroatoms. The van der Waals surface area contributed by atoms with Gasteiger partial charge in [0, 0.05) is 36.5 Å². The van der Waals surface area contributed by atoms with Crippen molar-refractivity contribution in [2.45, 2.75) is 37.5 Å². The third-order valence-electron chi connectivity index (χ3n) is 6.98. The van der Waals surface area contributed by atoms with E-state index in [1.54, 1.807) is 11.3 Å². The van der Waals surface area contributed by atoms with Crippen LogP contribution in [0.25, 0.3) is 0 Å². The largest absolute Gasteiger partial charge is 0.485 e. The Hall–Kier alpha value is -2.18. The van der Waals surface area contributed by atoms with Crippen LogP contribution in [0.5, 0.6) is 5.75 Å². The summed E-state index contributed by atoms with van der Waals surface area (Å²) >= 11 is 1.76. The molecular formula is C28H37N3OS. The van der Waals surface area contributed by atoms with Gasteiger partial charge in [0.05, 0.1) is 0 Å². The van der Waals surface area contributed by atoms with Gasteiger partial charge in [-0.1, -0.05) is 48.5 Å². The van der Waals surface area contributed by atoms with Gasteiger partial charge in [0.1, 0.15) is 11.9 Å². The minimum absolute atomic E-state index is 0.0996. The second-order valence-electron chi connectivity index (χ2n) is 9.23. The molecule has 0 saturated carbocycles. The van der Waals surface area contributed by atoms with Gasteiger partial charge in [-0.3, -0.25) is 9.80 Å². The number of hydrogen-bond acceptors (Lipinski definition) is 5. The average Bonchev–Trinajstić information content (AvgIpc) is 3.39. The molecule has 0 aliphatic carbocycles. The van der Waals surface area contributed by atoms with Gasteiger partial charge in [-0.2, -0.15) is 0 Å². The zero-order chi connectivity index (χ0) is 23.1. The first-order valence-electron chi connectivity index (χ1n) is 12.0. The molecule has 4 rings (SSSR count). The number of nitrogens with zero attached hydrogens (tertiary/aromatic N) is 2. The number of piperidine rings is 1. The van der Waals surface area contributed by atoms with Crippen molar-refractivity contribution in [2.24, 2.45) is 0 Å². The van der Waals surface area contributed by atoms with Gasteiger partial charge < -0.3 is 10.1 Å². The molecule has 2 aromatic carbocycles. The molecular weight excluding hydrogens is 426 g/mol. The number of rotatable bonds is 10. The predicted molar refractivity (Wildman–Crippen MR) is 139 cm³/mol. The lowest BCUT2D eigenvalue weighted by atomic mass is 9.79. The Labute approximate surface area is 203 Å². The highest BCUT2D eigenvalue weighted by Gasteiger charge is 2.37. The molecule has 1 fully saturated rings. The van der Waals surface area contributed by atoms with Gasteiger partial charge in [-0.15, -0.1) is 11.3 Å². The second kappa shape index (κ2) is 11.3. The smallest absolute Gasteiger partial charge is 0.134 e. The summed E-state index contributed by atoms with van der Waals surface area (Å²) in [5.41, 5.74) is 2.93. The minimum Gasteiger partial charge on any atom is -0.485 e. The molecule has 1 aromatic heterocycles. The number of hydrogen-bond donors (Lipinski definition) is 1. The maximum absolute atomic E-state index is 6.36. The van der Waals surface area contributed by atoms with E-state index in [9.17, 15) is 0 Å². The molecule has 0 bridgehead atoms. The highest BCUT2D eigenvalue weighted by Crippen LogP contribution is 2.37. The average molecular weight is 464 g/mol. The monoisotopic (exact) mass is 463 g/mol. The molecule has 2 heterocycles. The lowest BCUT2D eigenvalue weighted by Crippen LogP contribution is -2.50. The van der Waals surface area contributed by atoms with Gasteiger partial charge in [-0.05, 0) is 75.2 Å². The van der Waals surface area contributed by atoms with Gasteiger partial charge in [0.25, 0.3) is 0 Å². The maximum Gasteiger partial charge on any atom is 0.134 e. The predicted octanol–water partition coefficient (Wildman–Crippen LogP) is 5.53. The van der Waals surface area contributed by atoms with Gasteiger partial charge >= 0.3 is 0 Å². The second-order valence-corrected chi connectivity index (χ2v) is 10.2.